The summed E-state index contributed by atoms with van der Waals surface area (Å²) in [5.41, 5.74) is -0.585. The van der Waals surface area contributed by atoms with Crippen LogP contribution in [0.4, 0.5) is 0 Å². The van der Waals surface area contributed by atoms with Crippen molar-refractivity contribution in [3.05, 3.63) is 0 Å². The molecular weight excluding hydrogens is 415 g/mol. The first-order chi connectivity index (χ1) is 14.6. The number of hydrogen-bond donors (Lipinski definition) is 1. The highest BCUT2D eigenvalue weighted by molar-refractivity contribution is 7.81. The number of fused-ring (bicyclic) bond motifs is 1. The van der Waals surface area contributed by atoms with Gasteiger partial charge in [0.05, 0.1) is 11.1 Å². The van der Waals surface area contributed by atoms with Gasteiger partial charge in [0.15, 0.2) is 0 Å². The minimum Gasteiger partial charge on any atom is -0.434 e. The second-order valence-electron chi connectivity index (χ2n) is 13.0. The van der Waals surface area contributed by atoms with Crippen molar-refractivity contribution in [2.45, 2.75) is 122 Å². The number of amides is 1. The van der Waals surface area contributed by atoms with Gasteiger partial charge >= 0.3 is 0 Å². The number of carbonyl (C=O) groups excluding carboxylic acids is 1. The molecule has 0 aromatic heterocycles. The first-order valence-electron chi connectivity index (χ1n) is 12.7. The minimum absolute atomic E-state index is 0.112. The predicted octanol–water partition coefficient (Wildman–Crippen LogP) is 6.03. The summed E-state index contributed by atoms with van der Waals surface area (Å²) in [5.74, 6) is 4.58. The number of rotatable bonds is 9. The maximum Gasteiger partial charge on any atom is 0.293 e. The Labute approximate surface area is 203 Å². The smallest absolute Gasteiger partial charge is 0.293 e. The maximum absolute atomic E-state index is 12.1. The second kappa shape index (κ2) is 8.94. The van der Waals surface area contributed by atoms with Gasteiger partial charge in [-0.1, -0.05) is 26.6 Å². The third-order valence-electron chi connectivity index (χ3n) is 8.66. The van der Waals surface area contributed by atoms with Crippen molar-refractivity contribution in [2.24, 2.45) is 34.6 Å². The van der Waals surface area contributed by atoms with Crippen LogP contribution in [0.25, 0.3) is 0 Å². The molecule has 1 heterocycles. The summed E-state index contributed by atoms with van der Waals surface area (Å²) in [7, 11) is 1.98. The van der Waals surface area contributed by atoms with Gasteiger partial charge in [0.1, 0.15) is 11.4 Å². The van der Waals surface area contributed by atoms with E-state index in [2.05, 4.69) is 62.3 Å². The molecule has 3 fully saturated rings. The monoisotopic (exact) mass is 461 g/mol. The van der Waals surface area contributed by atoms with Crippen LogP contribution in [0.5, 0.6) is 0 Å². The Morgan fingerprint density at radius 1 is 1.22 bits per heavy atom. The van der Waals surface area contributed by atoms with Crippen molar-refractivity contribution < 1.29 is 9.45 Å². The van der Waals surface area contributed by atoms with Crippen molar-refractivity contribution in [1.29, 1.82) is 0 Å². The van der Waals surface area contributed by atoms with Gasteiger partial charge in [-0.3, -0.25) is 14.7 Å². The largest absolute Gasteiger partial charge is 0.434 e. The van der Waals surface area contributed by atoms with E-state index in [9.17, 15) is 4.79 Å². The molecule has 1 amide bonds. The Morgan fingerprint density at radius 2 is 1.88 bits per heavy atom. The molecule has 2 saturated carbocycles. The highest BCUT2D eigenvalue weighted by Crippen LogP contribution is 2.64. The second-order valence-corrected chi connectivity index (χ2v) is 14.1. The van der Waals surface area contributed by atoms with E-state index in [1.54, 1.807) is 0 Å². The maximum atomic E-state index is 12.1. The van der Waals surface area contributed by atoms with Crippen LogP contribution in [0, 0.1) is 29.6 Å². The van der Waals surface area contributed by atoms with E-state index in [0.29, 0.717) is 11.8 Å². The molecule has 4 nitrogen and oxygen atoms in total. The van der Waals surface area contributed by atoms with E-state index in [-0.39, 0.29) is 21.4 Å². The molecule has 5 unspecified atom stereocenters. The Hall–Kier alpha value is -0.485. The number of hydrogen-bond acceptors (Lipinski definition) is 4. The topological polar surface area (TPSA) is 41.7 Å². The quantitative estimate of drug-likeness (QED) is 0.150. The van der Waals surface area contributed by atoms with Crippen LogP contribution in [0.1, 0.15) is 94.4 Å². The highest BCUT2D eigenvalue weighted by atomic mass is 32.1. The van der Waals surface area contributed by atoms with Gasteiger partial charge in [0, 0.05) is 4.75 Å². The molecule has 2 aliphatic carbocycles. The van der Waals surface area contributed by atoms with Crippen LogP contribution >= 0.6 is 12.6 Å². The molecule has 5 atom stereocenters. The number of aliphatic imine (C=N–C) groups is 1. The lowest BCUT2D eigenvalue weighted by atomic mass is 9.78. The summed E-state index contributed by atoms with van der Waals surface area (Å²) < 4.78 is 5.89. The summed E-state index contributed by atoms with van der Waals surface area (Å²) >= 11 is 4.70. The van der Waals surface area contributed by atoms with Crippen LogP contribution in [-0.2, 0) is 9.45 Å². The lowest BCUT2D eigenvalue weighted by Crippen LogP contribution is -2.44. The van der Waals surface area contributed by atoms with E-state index >= 15 is 0 Å². The number of carbonyl (C=O) groups is 1. The zero-order chi connectivity index (χ0) is 24.1. The summed E-state index contributed by atoms with van der Waals surface area (Å²) in [6, 6.07) is 0. The number of thiol groups is 1. The molecule has 0 N–H and O–H groups in total. The molecule has 32 heavy (non-hydrogen) atoms. The first-order valence-corrected chi connectivity index (χ1v) is 13.2. The zero-order valence-electron chi connectivity index (χ0n) is 21.9. The van der Waals surface area contributed by atoms with E-state index in [0.717, 1.165) is 55.6 Å². The molecule has 3 rings (SSSR count). The fourth-order valence-corrected chi connectivity index (χ4v) is 6.17. The SMILES string of the molecule is CC(C)C1CC2CC3(C(=NC(C)(C)C)N3C=O)C(CCC[B]OC(C)(C)C(C)(C)S)C2C1. The average molecular weight is 462 g/mol. The molecular formula is C26H46BN2O2S. The molecule has 181 valence electrons. The van der Waals surface area contributed by atoms with Crippen LogP contribution in [0.2, 0.25) is 6.32 Å². The third-order valence-corrected chi connectivity index (χ3v) is 9.20. The minimum atomic E-state index is -0.316. The molecule has 1 radical (unpaired) electrons. The van der Waals surface area contributed by atoms with E-state index in [1.165, 1.54) is 12.8 Å². The zero-order valence-corrected chi connectivity index (χ0v) is 22.8. The molecule has 1 aliphatic heterocycles. The van der Waals surface area contributed by atoms with Gasteiger partial charge in [-0.25, -0.2) is 0 Å². The van der Waals surface area contributed by atoms with E-state index < -0.39 is 0 Å². The van der Waals surface area contributed by atoms with Crippen LogP contribution in [0.3, 0.4) is 0 Å². The third kappa shape index (κ3) is 4.97. The Morgan fingerprint density at radius 3 is 2.41 bits per heavy atom. The van der Waals surface area contributed by atoms with Gasteiger partial charge < -0.3 is 4.65 Å². The Bertz CT molecular complexity index is 724. The lowest BCUT2D eigenvalue weighted by Gasteiger charge is -2.38. The van der Waals surface area contributed by atoms with Gasteiger partial charge in [-0.05, 0) is 104 Å². The predicted molar refractivity (Wildman–Crippen MR) is 138 cm³/mol. The number of nitrogens with zero attached hydrogens (tertiary/aromatic N) is 2. The Kier molecular flexibility index (Phi) is 7.30. The number of amidine groups is 1. The van der Waals surface area contributed by atoms with Gasteiger partial charge in [0.25, 0.3) is 7.48 Å². The molecule has 0 bridgehead atoms. The van der Waals surface area contributed by atoms with Gasteiger partial charge in [-0.15, -0.1) is 0 Å². The fourth-order valence-electron chi connectivity index (χ4n) is 6.11. The van der Waals surface area contributed by atoms with Crippen molar-refractivity contribution in [2.75, 3.05) is 0 Å². The van der Waals surface area contributed by atoms with Crippen molar-refractivity contribution >= 4 is 32.4 Å². The van der Waals surface area contributed by atoms with Crippen LogP contribution < -0.4 is 0 Å². The van der Waals surface area contributed by atoms with Crippen molar-refractivity contribution in [3.8, 4) is 0 Å². The summed E-state index contributed by atoms with van der Waals surface area (Å²) in [4.78, 5) is 19.1. The van der Waals surface area contributed by atoms with E-state index in [1.807, 2.05) is 12.4 Å². The highest BCUT2D eigenvalue weighted by Gasteiger charge is 2.71. The molecule has 3 aliphatic rings. The molecule has 0 aromatic carbocycles. The Balaban J connectivity index is 1.70. The van der Waals surface area contributed by atoms with E-state index in [4.69, 9.17) is 22.3 Å². The standard InChI is InChI=1S/C26H46BN2O2S/c1-17(2)18-13-19-15-26(22(29(26)16-30)28-23(3,4)5)21(20(19)14-18)11-10-12-27-31-24(6,7)25(8,9)32/h16-21,32H,10-15H2,1-9H3. The summed E-state index contributed by atoms with van der Waals surface area (Å²) in [6.07, 6.45) is 7.93. The average Bonchev–Trinajstić information content (AvgIpc) is 2.91. The molecule has 1 saturated heterocycles. The molecule has 1 spiro atoms. The molecule has 0 aromatic rings. The summed E-state index contributed by atoms with van der Waals surface area (Å²) in [6.45, 7) is 19.5. The first kappa shape index (κ1) is 26.1. The van der Waals surface area contributed by atoms with Gasteiger partial charge in [0.2, 0.25) is 6.41 Å². The summed E-state index contributed by atoms with van der Waals surface area (Å²) in [5, 5.41) is 0. The van der Waals surface area contributed by atoms with Gasteiger partial charge in [-0.2, -0.15) is 12.6 Å². The lowest BCUT2D eigenvalue weighted by molar-refractivity contribution is -0.114. The van der Waals surface area contributed by atoms with Crippen LogP contribution in [-0.4, -0.2) is 46.1 Å². The van der Waals surface area contributed by atoms with Crippen molar-refractivity contribution in [3.63, 3.8) is 0 Å². The van der Waals surface area contributed by atoms with Crippen LogP contribution in [0.15, 0.2) is 4.99 Å². The normalized spacial score (nSPS) is 34.0. The molecule has 6 heteroatoms. The van der Waals surface area contributed by atoms with Crippen molar-refractivity contribution in [1.82, 2.24) is 4.90 Å². The fraction of sp³-hybridized carbons (Fsp3) is 0.923.